The molecule has 1 aliphatic rings. The number of hydrogen-bond acceptors (Lipinski definition) is 4. The number of unbranched alkanes of at least 4 members (excludes halogenated alkanes) is 1. The molecule has 0 fully saturated rings. The molecule has 0 unspecified atom stereocenters. The Kier molecular flexibility index (Phi) is 6.52. The maximum absolute atomic E-state index is 12.4. The van der Waals surface area contributed by atoms with E-state index in [-0.39, 0.29) is 47.5 Å². The van der Waals surface area contributed by atoms with Crippen LogP contribution in [0.5, 0.6) is 0 Å². The Labute approximate surface area is 145 Å². The molecule has 2 rings (SSSR count). The van der Waals surface area contributed by atoms with Gasteiger partial charge in [0, 0.05) is 28.2 Å². The van der Waals surface area contributed by atoms with Crippen LogP contribution in [0.4, 0.5) is 0 Å². The molecule has 0 N–H and O–H groups in total. The number of Topliss-reactive ketones (excluding diaryl/α,β-unsaturated/α-hetero) is 2. The number of rotatable bonds is 5. The van der Waals surface area contributed by atoms with Gasteiger partial charge in [0.1, 0.15) is 0 Å². The molecule has 5 heteroatoms. The fourth-order valence-electron chi connectivity index (χ4n) is 2.42. The minimum Gasteiger partial charge on any atom is -0.550 e. The zero-order valence-electron chi connectivity index (χ0n) is 12.3. The first-order valence-corrected chi connectivity index (χ1v) is 6.60. The van der Waals surface area contributed by atoms with Crippen LogP contribution in [0.2, 0.25) is 0 Å². The van der Waals surface area contributed by atoms with Gasteiger partial charge in [-0.1, -0.05) is 24.3 Å². The summed E-state index contributed by atoms with van der Waals surface area (Å²) in [6.45, 7) is 1.66. The van der Waals surface area contributed by atoms with Crippen molar-refractivity contribution in [3.63, 3.8) is 0 Å². The molecule has 0 bridgehead atoms. The molecule has 21 heavy (non-hydrogen) atoms. The first kappa shape index (κ1) is 17.8. The average molecular weight is 294 g/mol. The van der Waals surface area contributed by atoms with Crippen molar-refractivity contribution >= 4 is 17.5 Å². The number of allylic oxidation sites excluding steroid dienone is 2. The molecule has 0 heterocycles. The van der Waals surface area contributed by atoms with Crippen molar-refractivity contribution in [1.29, 1.82) is 0 Å². The molecule has 1 aliphatic carbocycles. The number of benzene rings is 1. The Balaban J connectivity index is 0.00000220. The van der Waals surface area contributed by atoms with E-state index in [1.807, 2.05) is 0 Å². The smallest absolute Gasteiger partial charge is 0.550 e. The van der Waals surface area contributed by atoms with Crippen molar-refractivity contribution in [2.75, 3.05) is 0 Å². The second-order valence-corrected chi connectivity index (χ2v) is 4.89. The molecular weight excluding hydrogens is 279 g/mol. The quantitative estimate of drug-likeness (QED) is 0.499. The monoisotopic (exact) mass is 294 g/mol. The van der Waals surface area contributed by atoms with Gasteiger partial charge in [-0.3, -0.25) is 9.59 Å². The second-order valence-electron chi connectivity index (χ2n) is 4.89. The van der Waals surface area contributed by atoms with E-state index in [2.05, 4.69) is 0 Å². The number of carboxylic acid groups (broad SMARTS) is 1. The summed E-state index contributed by atoms with van der Waals surface area (Å²) in [4.78, 5) is 34.9. The molecule has 0 radical (unpaired) electrons. The maximum atomic E-state index is 12.4. The summed E-state index contributed by atoms with van der Waals surface area (Å²) in [5, 5.41) is 10.4. The topological polar surface area (TPSA) is 74.3 Å². The largest absolute Gasteiger partial charge is 1.00 e. The van der Waals surface area contributed by atoms with Crippen LogP contribution < -0.4 is 34.7 Å². The van der Waals surface area contributed by atoms with E-state index in [9.17, 15) is 19.5 Å². The Morgan fingerprint density at radius 1 is 1.05 bits per heavy atom. The summed E-state index contributed by atoms with van der Waals surface area (Å²) in [7, 11) is 0. The summed E-state index contributed by atoms with van der Waals surface area (Å²) in [6.07, 6.45) is 1.41. The van der Waals surface area contributed by atoms with Crippen molar-refractivity contribution in [3.05, 3.63) is 46.5 Å². The molecule has 4 nitrogen and oxygen atoms in total. The number of hydrogen-bond donors (Lipinski definition) is 0. The Bertz CT molecular complexity index is 616. The van der Waals surface area contributed by atoms with Gasteiger partial charge in [-0.05, 0) is 32.6 Å². The predicted octanol–water partition coefficient (Wildman–Crippen LogP) is -1.30. The molecule has 0 aliphatic heterocycles. The number of carboxylic acids is 1. The summed E-state index contributed by atoms with van der Waals surface area (Å²) < 4.78 is 0. The first-order valence-electron chi connectivity index (χ1n) is 6.60. The molecule has 1 aromatic carbocycles. The number of fused-ring (bicyclic) bond motifs is 1. The minimum absolute atomic E-state index is 0. The normalized spacial score (nSPS) is 13.8. The fraction of sp³-hybridized carbons (Fsp3) is 0.312. The molecule has 0 saturated heterocycles. The number of carbonyl (C=O) groups excluding carboxylic acids is 3. The Morgan fingerprint density at radius 2 is 1.62 bits per heavy atom. The van der Waals surface area contributed by atoms with Crippen LogP contribution in [0.1, 0.15) is 53.3 Å². The van der Waals surface area contributed by atoms with Gasteiger partial charge >= 0.3 is 29.6 Å². The van der Waals surface area contributed by atoms with E-state index in [4.69, 9.17) is 0 Å². The van der Waals surface area contributed by atoms with Gasteiger partial charge in [0.15, 0.2) is 11.6 Å². The minimum atomic E-state index is -1.09. The molecule has 0 saturated carbocycles. The van der Waals surface area contributed by atoms with Crippen LogP contribution in [0.25, 0.3) is 0 Å². The van der Waals surface area contributed by atoms with Crippen LogP contribution in [0.15, 0.2) is 35.4 Å². The van der Waals surface area contributed by atoms with Crippen molar-refractivity contribution in [2.24, 2.45) is 0 Å². The molecule has 104 valence electrons. The molecule has 0 spiro atoms. The van der Waals surface area contributed by atoms with E-state index >= 15 is 0 Å². The van der Waals surface area contributed by atoms with Crippen LogP contribution in [0, 0.1) is 0 Å². The predicted molar refractivity (Wildman–Crippen MR) is 71.3 cm³/mol. The summed E-state index contributed by atoms with van der Waals surface area (Å²) in [6, 6.07) is 6.79. The van der Waals surface area contributed by atoms with Crippen molar-refractivity contribution < 1.29 is 49.0 Å². The van der Waals surface area contributed by atoms with Gasteiger partial charge < -0.3 is 9.90 Å². The average Bonchev–Trinajstić information content (AvgIpc) is 2.44. The third-order valence-corrected chi connectivity index (χ3v) is 3.54. The third-order valence-electron chi connectivity index (χ3n) is 3.54. The summed E-state index contributed by atoms with van der Waals surface area (Å²) >= 11 is 0. The standard InChI is InChI=1S/C16H16O4.Na/c1-10-11(6-4-5-9-14(17)18)16(20)13-8-3-2-7-12(13)15(10)19;/h2-3,7-8H,4-6,9H2,1H3,(H,17,18);/q;+1/p-1. The maximum Gasteiger partial charge on any atom is 1.00 e. The second kappa shape index (κ2) is 7.69. The van der Waals surface area contributed by atoms with E-state index < -0.39 is 5.97 Å². The zero-order valence-corrected chi connectivity index (χ0v) is 14.3. The van der Waals surface area contributed by atoms with E-state index in [0.29, 0.717) is 41.5 Å². The zero-order chi connectivity index (χ0) is 14.7. The number of carbonyl (C=O) groups is 3. The third kappa shape index (κ3) is 3.90. The Hall–Kier alpha value is -1.23. The first-order chi connectivity index (χ1) is 9.52. The molecule has 1 aromatic rings. The van der Waals surface area contributed by atoms with Gasteiger partial charge in [-0.2, -0.15) is 0 Å². The van der Waals surface area contributed by atoms with Crippen LogP contribution >= 0.6 is 0 Å². The number of aliphatic carboxylic acids is 1. The van der Waals surface area contributed by atoms with Crippen LogP contribution in [0.3, 0.4) is 0 Å². The van der Waals surface area contributed by atoms with E-state index in [0.717, 1.165) is 0 Å². The molecule has 0 atom stereocenters. The number of ketones is 2. The van der Waals surface area contributed by atoms with Crippen molar-refractivity contribution in [3.8, 4) is 0 Å². The van der Waals surface area contributed by atoms with Gasteiger partial charge in [0.2, 0.25) is 0 Å². The summed E-state index contributed by atoms with van der Waals surface area (Å²) in [5.41, 5.74) is 1.88. The van der Waals surface area contributed by atoms with Crippen molar-refractivity contribution in [2.45, 2.75) is 32.6 Å². The van der Waals surface area contributed by atoms with E-state index in [1.165, 1.54) is 0 Å². The van der Waals surface area contributed by atoms with Gasteiger partial charge in [-0.25, -0.2) is 0 Å². The molecule has 0 aromatic heterocycles. The van der Waals surface area contributed by atoms with Gasteiger partial charge in [-0.15, -0.1) is 0 Å². The van der Waals surface area contributed by atoms with Crippen LogP contribution in [-0.2, 0) is 4.79 Å². The summed E-state index contributed by atoms with van der Waals surface area (Å²) in [5.74, 6) is -1.33. The van der Waals surface area contributed by atoms with Gasteiger partial charge in [0.25, 0.3) is 0 Å². The van der Waals surface area contributed by atoms with Gasteiger partial charge in [0.05, 0.1) is 0 Å². The van der Waals surface area contributed by atoms with Crippen LogP contribution in [-0.4, -0.2) is 17.5 Å². The SMILES string of the molecule is CC1=C(CCCCC(=O)[O-])C(=O)c2ccccc2C1=O.[Na+]. The fourth-order valence-corrected chi connectivity index (χ4v) is 2.42. The Morgan fingerprint density at radius 3 is 2.19 bits per heavy atom. The molecule has 0 amide bonds. The molecular formula is C16H15NaO4. The van der Waals surface area contributed by atoms with E-state index in [1.54, 1.807) is 31.2 Å². The van der Waals surface area contributed by atoms with Crippen molar-refractivity contribution in [1.82, 2.24) is 0 Å².